The molecule has 1 rings (SSSR count). The summed E-state index contributed by atoms with van der Waals surface area (Å²) in [5.74, 6) is -0.0604. The Balaban J connectivity index is 3.32. The van der Waals surface area contributed by atoms with Crippen LogP contribution in [0.25, 0.3) is 0 Å². The van der Waals surface area contributed by atoms with Gasteiger partial charge < -0.3 is 5.11 Å². The Morgan fingerprint density at radius 1 is 1.15 bits per heavy atom. The molecule has 0 aliphatic rings. The first-order chi connectivity index (χ1) is 11.8. The van der Waals surface area contributed by atoms with Gasteiger partial charge in [0.25, 0.3) is 0 Å². The summed E-state index contributed by atoms with van der Waals surface area (Å²) < 4.78 is 42.9. The van der Waals surface area contributed by atoms with Gasteiger partial charge in [-0.25, -0.2) is 17.5 Å². The monoisotopic (exact) mass is 387 g/mol. The summed E-state index contributed by atoms with van der Waals surface area (Å²) in [6.45, 7) is 10.5. The Morgan fingerprint density at radius 3 is 2.12 bits per heavy atom. The summed E-state index contributed by atoms with van der Waals surface area (Å²) in [6.07, 6.45) is 0.840. The minimum atomic E-state index is -3.82. The van der Waals surface area contributed by atoms with Crippen LogP contribution in [0.5, 0.6) is 0 Å². The molecule has 0 fully saturated rings. The Morgan fingerprint density at radius 2 is 1.69 bits per heavy atom. The Labute approximate surface area is 158 Å². The molecule has 0 aromatic heterocycles. The van der Waals surface area contributed by atoms with Gasteiger partial charge >= 0.3 is 0 Å². The number of hydrogen-bond acceptors (Lipinski definition) is 3. The molecule has 0 spiro atoms. The van der Waals surface area contributed by atoms with Crippen molar-refractivity contribution in [1.82, 2.24) is 4.72 Å². The lowest BCUT2D eigenvalue weighted by molar-refractivity contribution is -0.0642. The molecule has 1 aromatic carbocycles. The van der Waals surface area contributed by atoms with Gasteiger partial charge in [0.05, 0.1) is 16.5 Å². The molecule has 0 amide bonds. The maximum absolute atomic E-state index is 14.5. The van der Waals surface area contributed by atoms with Crippen LogP contribution in [0.4, 0.5) is 4.39 Å². The van der Waals surface area contributed by atoms with Crippen LogP contribution < -0.4 is 4.72 Å². The van der Waals surface area contributed by atoms with Crippen LogP contribution in [0, 0.1) is 11.8 Å². The third kappa shape index (κ3) is 6.63. The van der Waals surface area contributed by atoms with E-state index in [2.05, 4.69) is 4.72 Å². The van der Waals surface area contributed by atoms with Crippen molar-refractivity contribution >= 4 is 10.0 Å². The van der Waals surface area contributed by atoms with Crippen LogP contribution in [0.2, 0.25) is 0 Å². The predicted molar refractivity (Wildman–Crippen MR) is 104 cm³/mol. The number of alkyl halides is 1. The van der Waals surface area contributed by atoms with Crippen molar-refractivity contribution in [3.8, 4) is 0 Å². The SMILES string of the molecule is CC[C@H](C)[C@H](NS(=O)(=O)c1ccccc1)C(O)(CC(C)C)CC(C)(C)F. The van der Waals surface area contributed by atoms with Crippen LogP contribution in [-0.2, 0) is 10.0 Å². The van der Waals surface area contributed by atoms with Gasteiger partial charge in [-0.1, -0.05) is 52.3 Å². The fourth-order valence-electron chi connectivity index (χ4n) is 3.57. The maximum Gasteiger partial charge on any atom is 0.240 e. The van der Waals surface area contributed by atoms with Crippen molar-refractivity contribution in [2.45, 2.75) is 83.0 Å². The first-order valence-electron chi connectivity index (χ1n) is 9.29. The van der Waals surface area contributed by atoms with Crippen molar-refractivity contribution < 1.29 is 17.9 Å². The predicted octanol–water partition coefficient (Wildman–Crippen LogP) is 4.30. The summed E-state index contributed by atoms with van der Waals surface area (Å²) in [4.78, 5) is 0.139. The molecule has 0 aliphatic carbocycles. The highest BCUT2D eigenvalue weighted by atomic mass is 32.2. The Kier molecular flexibility index (Phi) is 7.81. The Hall–Kier alpha value is -0.980. The van der Waals surface area contributed by atoms with Gasteiger partial charge in [0, 0.05) is 6.42 Å². The molecule has 0 aliphatic heterocycles. The van der Waals surface area contributed by atoms with E-state index in [1.165, 1.54) is 26.0 Å². The third-order valence-electron chi connectivity index (χ3n) is 4.62. The molecule has 0 heterocycles. The number of halogens is 1. The van der Waals surface area contributed by atoms with Gasteiger partial charge in [-0.3, -0.25) is 0 Å². The quantitative estimate of drug-likeness (QED) is 0.629. The van der Waals surface area contributed by atoms with E-state index in [1.807, 2.05) is 27.7 Å². The van der Waals surface area contributed by atoms with Crippen molar-refractivity contribution in [2.24, 2.45) is 11.8 Å². The van der Waals surface area contributed by atoms with Crippen molar-refractivity contribution in [3.63, 3.8) is 0 Å². The lowest BCUT2D eigenvalue weighted by atomic mass is 9.74. The number of benzene rings is 1. The summed E-state index contributed by atoms with van der Waals surface area (Å²) in [6, 6.07) is 7.28. The van der Waals surface area contributed by atoms with Crippen LogP contribution >= 0.6 is 0 Å². The zero-order valence-corrected chi connectivity index (χ0v) is 17.6. The van der Waals surface area contributed by atoms with Gasteiger partial charge in [-0.15, -0.1) is 0 Å². The standard InChI is InChI=1S/C20H34FNO3S/c1-7-16(4)18(20(23,13-15(2)3)14-19(5,6)21)22-26(24,25)17-11-9-8-10-12-17/h8-12,15-16,18,22-23H,7,13-14H2,1-6H3/t16-,18-,20?/m0/s1. The van der Waals surface area contributed by atoms with E-state index >= 15 is 0 Å². The first kappa shape index (κ1) is 23.1. The third-order valence-corrected chi connectivity index (χ3v) is 6.07. The largest absolute Gasteiger partial charge is 0.388 e. The molecule has 1 unspecified atom stereocenters. The molecule has 1 aromatic rings. The first-order valence-corrected chi connectivity index (χ1v) is 10.8. The zero-order valence-electron chi connectivity index (χ0n) is 16.8. The normalized spacial score (nSPS) is 17.7. The lowest BCUT2D eigenvalue weighted by Gasteiger charge is -2.43. The molecule has 0 bridgehead atoms. The second kappa shape index (κ2) is 8.81. The minimum Gasteiger partial charge on any atom is -0.388 e. The van der Waals surface area contributed by atoms with Crippen LogP contribution in [0.3, 0.4) is 0 Å². The number of nitrogens with one attached hydrogen (secondary N) is 1. The van der Waals surface area contributed by atoms with Crippen LogP contribution in [-0.4, -0.2) is 30.8 Å². The number of hydrogen-bond donors (Lipinski definition) is 2. The second-order valence-corrected chi connectivity index (χ2v) is 10.1. The summed E-state index contributed by atoms with van der Waals surface area (Å²) in [7, 11) is -3.82. The highest BCUT2D eigenvalue weighted by Gasteiger charge is 2.45. The molecule has 3 atom stereocenters. The van der Waals surface area contributed by atoms with Gasteiger partial charge in [-0.2, -0.15) is 0 Å². The van der Waals surface area contributed by atoms with E-state index < -0.39 is 27.3 Å². The minimum absolute atomic E-state index is 0.0927. The molecule has 150 valence electrons. The van der Waals surface area contributed by atoms with Gasteiger partial charge in [0.2, 0.25) is 10.0 Å². The summed E-state index contributed by atoms with van der Waals surface area (Å²) >= 11 is 0. The fraction of sp³-hybridized carbons (Fsp3) is 0.700. The highest BCUT2D eigenvalue weighted by Crippen LogP contribution is 2.36. The molecule has 6 heteroatoms. The van der Waals surface area contributed by atoms with Crippen molar-refractivity contribution in [2.75, 3.05) is 0 Å². The van der Waals surface area contributed by atoms with Crippen LogP contribution in [0.15, 0.2) is 35.2 Å². The van der Waals surface area contributed by atoms with Crippen molar-refractivity contribution in [3.05, 3.63) is 30.3 Å². The molecular formula is C20H34FNO3S. The van der Waals surface area contributed by atoms with E-state index in [1.54, 1.807) is 18.2 Å². The number of sulfonamides is 1. The number of rotatable bonds is 10. The van der Waals surface area contributed by atoms with E-state index in [0.29, 0.717) is 12.8 Å². The van der Waals surface area contributed by atoms with Crippen molar-refractivity contribution in [1.29, 1.82) is 0 Å². The smallest absolute Gasteiger partial charge is 0.240 e. The molecule has 2 N–H and O–H groups in total. The lowest BCUT2D eigenvalue weighted by Crippen LogP contribution is -2.58. The van der Waals surface area contributed by atoms with E-state index in [-0.39, 0.29) is 23.2 Å². The number of aliphatic hydroxyl groups is 1. The average molecular weight is 388 g/mol. The topological polar surface area (TPSA) is 66.4 Å². The molecule has 0 saturated heterocycles. The molecule has 26 heavy (non-hydrogen) atoms. The van der Waals surface area contributed by atoms with Crippen LogP contribution in [0.1, 0.15) is 60.8 Å². The van der Waals surface area contributed by atoms with E-state index in [4.69, 9.17) is 0 Å². The molecule has 0 radical (unpaired) electrons. The molecular weight excluding hydrogens is 353 g/mol. The van der Waals surface area contributed by atoms with E-state index in [9.17, 15) is 17.9 Å². The average Bonchev–Trinajstić information content (AvgIpc) is 2.50. The van der Waals surface area contributed by atoms with Gasteiger partial charge in [0.15, 0.2) is 0 Å². The highest BCUT2D eigenvalue weighted by molar-refractivity contribution is 7.89. The summed E-state index contributed by atoms with van der Waals surface area (Å²) in [5.41, 5.74) is -3.10. The van der Waals surface area contributed by atoms with Gasteiger partial charge in [-0.05, 0) is 44.2 Å². The second-order valence-electron chi connectivity index (χ2n) is 8.39. The van der Waals surface area contributed by atoms with Gasteiger partial charge in [0.1, 0.15) is 5.67 Å². The Bertz CT molecular complexity index is 655. The van der Waals surface area contributed by atoms with E-state index in [0.717, 1.165) is 0 Å². The molecule has 4 nitrogen and oxygen atoms in total. The maximum atomic E-state index is 14.5. The zero-order chi connectivity index (χ0) is 20.2. The molecule has 0 saturated carbocycles. The summed E-state index contributed by atoms with van der Waals surface area (Å²) in [5, 5.41) is 11.4. The fourth-order valence-corrected chi connectivity index (χ4v) is 5.01.